The summed E-state index contributed by atoms with van der Waals surface area (Å²) in [5.74, 6) is 0.685. The van der Waals surface area contributed by atoms with Crippen LogP contribution in [0.15, 0.2) is 12.1 Å². The normalized spacial score (nSPS) is 13.1. The first-order chi connectivity index (χ1) is 7.76. The number of carbonyl (C=O) groups is 1. The van der Waals surface area contributed by atoms with Crippen LogP contribution in [0.2, 0.25) is 0 Å². The van der Waals surface area contributed by atoms with Gasteiger partial charge in [-0.1, -0.05) is 0 Å². The van der Waals surface area contributed by atoms with Gasteiger partial charge in [-0.05, 0) is 0 Å². The van der Waals surface area contributed by atoms with E-state index in [1.807, 2.05) is 0 Å². The van der Waals surface area contributed by atoms with Gasteiger partial charge >= 0.3 is 5.97 Å². The maximum Gasteiger partial charge on any atom is 0.341 e. The van der Waals surface area contributed by atoms with Crippen molar-refractivity contribution in [2.24, 2.45) is 0 Å². The van der Waals surface area contributed by atoms with Gasteiger partial charge in [0.2, 0.25) is 0 Å². The van der Waals surface area contributed by atoms with Crippen molar-refractivity contribution in [3.05, 3.63) is 17.7 Å². The number of fused-ring (bicyclic) bond motifs is 1. The molecule has 1 N–H and O–H groups in total. The molecule has 2 rings (SSSR count). The second kappa shape index (κ2) is 4.30. The highest BCUT2D eigenvalue weighted by atomic mass is 16.5. The van der Waals surface area contributed by atoms with E-state index in [2.05, 4.69) is 10.1 Å². The van der Waals surface area contributed by atoms with E-state index in [1.165, 1.54) is 14.2 Å². The van der Waals surface area contributed by atoms with Crippen LogP contribution >= 0.6 is 0 Å². The standard InChI is InChI=1S/C11H13NO4/c1-14-9-6-8-10(16-4-3-12-8)5-7(9)11(13)15-2/h5-6,12H,3-4H2,1-2H3. The largest absolute Gasteiger partial charge is 0.496 e. The molecule has 0 saturated heterocycles. The fourth-order valence-corrected chi connectivity index (χ4v) is 1.60. The summed E-state index contributed by atoms with van der Waals surface area (Å²) in [7, 11) is 2.85. The van der Waals surface area contributed by atoms with Gasteiger partial charge in [-0.2, -0.15) is 0 Å². The van der Waals surface area contributed by atoms with Crippen molar-refractivity contribution in [2.75, 3.05) is 32.7 Å². The van der Waals surface area contributed by atoms with Gasteiger partial charge in [-0.25, -0.2) is 4.79 Å². The Balaban J connectivity index is 2.47. The summed E-state index contributed by atoms with van der Waals surface area (Å²) < 4.78 is 15.2. The molecule has 5 nitrogen and oxygen atoms in total. The summed E-state index contributed by atoms with van der Waals surface area (Å²) in [6, 6.07) is 3.37. The highest BCUT2D eigenvalue weighted by Crippen LogP contribution is 2.34. The first-order valence-electron chi connectivity index (χ1n) is 4.93. The fraction of sp³-hybridized carbons (Fsp3) is 0.364. The minimum Gasteiger partial charge on any atom is -0.496 e. The van der Waals surface area contributed by atoms with E-state index in [-0.39, 0.29) is 0 Å². The van der Waals surface area contributed by atoms with Gasteiger partial charge in [-0.15, -0.1) is 0 Å². The van der Waals surface area contributed by atoms with Gasteiger partial charge in [-0.3, -0.25) is 0 Å². The summed E-state index contributed by atoms with van der Waals surface area (Å²) in [4.78, 5) is 11.5. The number of hydrogen-bond donors (Lipinski definition) is 1. The van der Waals surface area contributed by atoms with Gasteiger partial charge in [0.15, 0.2) is 0 Å². The topological polar surface area (TPSA) is 56.8 Å². The summed E-state index contributed by atoms with van der Waals surface area (Å²) in [6.07, 6.45) is 0. The molecular formula is C11H13NO4. The number of carbonyl (C=O) groups excluding carboxylic acids is 1. The lowest BCUT2D eigenvalue weighted by molar-refractivity contribution is 0.0596. The van der Waals surface area contributed by atoms with Crippen LogP contribution in [0.1, 0.15) is 10.4 Å². The maximum atomic E-state index is 11.5. The van der Waals surface area contributed by atoms with Gasteiger partial charge in [0, 0.05) is 18.7 Å². The molecule has 0 unspecified atom stereocenters. The van der Waals surface area contributed by atoms with E-state index < -0.39 is 5.97 Å². The molecule has 0 aliphatic carbocycles. The lowest BCUT2D eigenvalue weighted by atomic mass is 10.1. The monoisotopic (exact) mass is 223 g/mol. The summed E-state index contributed by atoms with van der Waals surface area (Å²) in [6.45, 7) is 1.33. The average Bonchev–Trinajstić information content (AvgIpc) is 2.36. The highest BCUT2D eigenvalue weighted by molar-refractivity contribution is 5.94. The summed E-state index contributed by atoms with van der Waals surface area (Å²) in [5.41, 5.74) is 1.20. The molecule has 0 radical (unpaired) electrons. The zero-order valence-corrected chi connectivity index (χ0v) is 9.20. The van der Waals surface area contributed by atoms with E-state index in [0.717, 1.165) is 12.2 Å². The van der Waals surface area contributed by atoms with Crippen LogP contribution < -0.4 is 14.8 Å². The first-order valence-corrected chi connectivity index (χ1v) is 4.93. The number of nitrogens with one attached hydrogen (secondary N) is 1. The Kier molecular flexibility index (Phi) is 2.85. The molecule has 1 heterocycles. The van der Waals surface area contributed by atoms with Crippen molar-refractivity contribution < 1.29 is 19.0 Å². The Hall–Kier alpha value is -1.91. The smallest absolute Gasteiger partial charge is 0.341 e. The summed E-state index contributed by atoms with van der Waals surface area (Å²) >= 11 is 0. The Morgan fingerprint density at radius 1 is 1.44 bits per heavy atom. The maximum absolute atomic E-state index is 11.5. The number of benzene rings is 1. The zero-order valence-electron chi connectivity index (χ0n) is 9.20. The number of anilines is 1. The number of ether oxygens (including phenoxy) is 3. The van der Waals surface area contributed by atoms with Crippen LogP contribution in [0.5, 0.6) is 11.5 Å². The fourth-order valence-electron chi connectivity index (χ4n) is 1.60. The minimum atomic E-state index is -0.436. The van der Waals surface area contributed by atoms with Crippen LogP contribution in [0, 0.1) is 0 Å². The van der Waals surface area contributed by atoms with Crippen LogP contribution in [-0.2, 0) is 4.74 Å². The quantitative estimate of drug-likeness (QED) is 0.765. The van der Waals surface area contributed by atoms with Crippen LogP contribution in [0.3, 0.4) is 0 Å². The number of rotatable bonds is 2. The van der Waals surface area contributed by atoms with Gasteiger partial charge in [0.25, 0.3) is 0 Å². The molecular weight excluding hydrogens is 210 g/mol. The highest BCUT2D eigenvalue weighted by Gasteiger charge is 2.19. The third-order valence-corrected chi connectivity index (χ3v) is 2.38. The summed E-state index contributed by atoms with van der Waals surface area (Å²) in [5, 5.41) is 3.16. The average molecular weight is 223 g/mol. The molecule has 0 spiro atoms. The second-order valence-electron chi connectivity index (χ2n) is 3.32. The molecule has 0 amide bonds. The molecule has 0 bridgehead atoms. The molecule has 0 fully saturated rings. The Morgan fingerprint density at radius 3 is 2.94 bits per heavy atom. The Labute approximate surface area is 93.3 Å². The third-order valence-electron chi connectivity index (χ3n) is 2.38. The lowest BCUT2D eigenvalue weighted by Gasteiger charge is -2.20. The molecule has 0 aromatic heterocycles. The van der Waals surface area contributed by atoms with Crippen molar-refractivity contribution in [1.82, 2.24) is 0 Å². The third kappa shape index (κ3) is 1.76. The number of methoxy groups -OCH3 is 2. The van der Waals surface area contributed by atoms with Crippen molar-refractivity contribution in [1.29, 1.82) is 0 Å². The number of esters is 1. The lowest BCUT2D eigenvalue weighted by Crippen LogP contribution is -2.19. The molecule has 1 aliphatic heterocycles. The molecule has 5 heteroatoms. The Bertz CT molecular complexity index is 417. The van der Waals surface area contributed by atoms with Gasteiger partial charge < -0.3 is 19.5 Å². The van der Waals surface area contributed by atoms with Crippen molar-refractivity contribution in [3.8, 4) is 11.5 Å². The predicted octanol–water partition coefficient (Wildman–Crippen LogP) is 1.29. The zero-order chi connectivity index (χ0) is 11.5. The van der Waals surface area contributed by atoms with E-state index in [4.69, 9.17) is 9.47 Å². The molecule has 1 aromatic rings. The molecule has 1 aliphatic rings. The molecule has 86 valence electrons. The van der Waals surface area contributed by atoms with E-state index in [9.17, 15) is 4.79 Å². The van der Waals surface area contributed by atoms with E-state index >= 15 is 0 Å². The van der Waals surface area contributed by atoms with Crippen LogP contribution in [0.4, 0.5) is 5.69 Å². The van der Waals surface area contributed by atoms with Gasteiger partial charge in [0.05, 0.1) is 19.9 Å². The molecule has 0 saturated carbocycles. The molecule has 1 aromatic carbocycles. The van der Waals surface area contributed by atoms with Crippen LogP contribution in [-0.4, -0.2) is 33.3 Å². The first kappa shape index (κ1) is 10.6. The predicted molar refractivity (Wildman–Crippen MR) is 58.3 cm³/mol. The number of hydrogen-bond acceptors (Lipinski definition) is 5. The van der Waals surface area contributed by atoms with E-state index in [0.29, 0.717) is 23.7 Å². The SMILES string of the molecule is COC(=O)c1cc2c(cc1OC)NCCO2. The molecule has 0 atom stereocenters. The Morgan fingerprint density at radius 2 is 2.25 bits per heavy atom. The van der Waals surface area contributed by atoms with Crippen molar-refractivity contribution in [2.45, 2.75) is 0 Å². The molecule has 16 heavy (non-hydrogen) atoms. The second-order valence-corrected chi connectivity index (χ2v) is 3.32. The van der Waals surface area contributed by atoms with Crippen molar-refractivity contribution in [3.63, 3.8) is 0 Å². The van der Waals surface area contributed by atoms with Crippen molar-refractivity contribution >= 4 is 11.7 Å². The van der Waals surface area contributed by atoms with Crippen LogP contribution in [0.25, 0.3) is 0 Å². The van der Waals surface area contributed by atoms with E-state index in [1.54, 1.807) is 12.1 Å². The minimum absolute atomic E-state index is 0.368. The van der Waals surface area contributed by atoms with Gasteiger partial charge in [0.1, 0.15) is 23.7 Å².